The van der Waals surface area contributed by atoms with E-state index in [1.54, 1.807) is 0 Å². The average molecular weight is 286 g/mol. The van der Waals surface area contributed by atoms with Crippen molar-refractivity contribution in [2.24, 2.45) is 0 Å². The molecule has 1 unspecified atom stereocenters. The van der Waals surface area contributed by atoms with Crippen molar-refractivity contribution in [1.29, 1.82) is 0 Å². The van der Waals surface area contributed by atoms with Gasteiger partial charge in [0.1, 0.15) is 0 Å². The Kier molecular flexibility index (Phi) is 4.02. The first-order valence-corrected chi connectivity index (χ1v) is 6.40. The number of benzene rings is 1. The molecule has 0 aliphatic carbocycles. The number of hydrogen-bond donors (Lipinski definition) is 1. The lowest BCUT2D eigenvalue weighted by Crippen LogP contribution is -2.14. The van der Waals surface area contributed by atoms with E-state index in [-0.39, 0.29) is 6.42 Å². The Labute approximate surface area is 101 Å². The monoisotopic (exact) mass is 286 g/mol. The van der Waals surface area contributed by atoms with Crippen LogP contribution in [-0.4, -0.2) is 13.0 Å². The highest BCUT2D eigenvalue weighted by molar-refractivity contribution is 7.85. The number of halogens is 4. The lowest BCUT2D eigenvalue weighted by atomic mass is 9.97. The zero-order chi connectivity index (χ0) is 14.2. The zero-order valence-electron chi connectivity index (χ0n) is 9.47. The Morgan fingerprint density at radius 3 is 1.72 bits per heavy atom. The molecule has 0 aliphatic heterocycles. The van der Waals surface area contributed by atoms with E-state index in [4.69, 9.17) is 4.55 Å². The maximum absolute atomic E-state index is 13.5. The second-order valence-electron chi connectivity index (χ2n) is 3.78. The summed E-state index contributed by atoms with van der Waals surface area (Å²) in [5, 5.41) is 0. The summed E-state index contributed by atoms with van der Waals surface area (Å²) in [4.78, 5) is -2.01. The lowest BCUT2D eigenvalue weighted by Gasteiger charge is -2.14. The van der Waals surface area contributed by atoms with Crippen LogP contribution in [0.3, 0.4) is 0 Å². The van der Waals surface area contributed by atoms with E-state index < -0.39 is 49.8 Å². The van der Waals surface area contributed by atoms with Gasteiger partial charge in [-0.25, -0.2) is 17.6 Å². The number of rotatable bonds is 3. The molecule has 0 spiro atoms. The minimum atomic E-state index is -5.39. The van der Waals surface area contributed by atoms with Crippen LogP contribution in [0.2, 0.25) is 0 Å². The van der Waals surface area contributed by atoms with Crippen molar-refractivity contribution < 1.29 is 30.5 Å². The van der Waals surface area contributed by atoms with Gasteiger partial charge in [0.25, 0.3) is 0 Å². The highest BCUT2D eigenvalue weighted by Crippen LogP contribution is 2.32. The van der Waals surface area contributed by atoms with Crippen molar-refractivity contribution in [2.75, 3.05) is 0 Å². The molecule has 0 bridgehead atoms. The molecule has 0 aliphatic rings. The van der Waals surface area contributed by atoms with Crippen molar-refractivity contribution in [3.63, 3.8) is 0 Å². The molecule has 0 saturated carbocycles. The van der Waals surface area contributed by atoms with Crippen LogP contribution in [0.25, 0.3) is 0 Å². The van der Waals surface area contributed by atoms with E-state index >= 15 is 0 Å². The Bertz CT molecular complexity index is 554. The third-order valence-corrected chi connectivity index (χ3v) is 3.49. The molecule has 1 N–H and O–H groups in total. The first kappa shape index (κ1) is 14.9. The molecule has 1 aromatic carbocycles. The van der Waals surface area contributed by atoms with E-state index in [2.05, 4.69) is 0 Å². The molecule has 0 radical (unpaired) electrons. The van der Waals surface area contributed by atoms with Crippen molar-refractivity contribution in [1.82, 2.24) is 0 Å². The Balaban J connectivity index is 3.78. The molecular weight excluding hydrogens is 276 g/mol. The fourth-order valence-electron chi connectivity index (χ4n) is 1.49. The molecule has 0 aromatic heterocycles. The van der Waals surface area contributed by atoms with E-state index in [1.807, 2.05) is 0 Å². The van der Waals surface area contributed by atoms with Crippen molar-refractivity contribution in [3.05, 3.63) is 28.8 Å². The summed E-state index contributed by atoms with van der Waals surface area (Å²) >= 11 is 0. The smallest absolute Gasteiger partial charge is 0.282 e. The Morgan fingerprint density at radius 1 is 1.06 bits per heavy atom. The molecule has 3 nitrogen and oxygen atoms in total. The van der Waals surface area contributed by atoms with Crippen LogP contribution in [-0.2, 0) is 10.1 Å². The summed E-state index contributed by atoms with van der Waals surface area (Å²) in [5.41, 5.74) is -0.875. The predicted molar refractivity (Wildman–Crippen MR) is 54.8 cm³/mol. The molecule has 0 heterocycles. The molecule has 1 rings (SSSR count). The summed E-state index contributed by atoms with van der Waals surface area (Å²) in [5.74, 6) is -8.70. The molecule has 0 amide bonds. The second-order valence-corrected chi connectivity index (χ2v) is 5.14. The third kappa shape index (κ3) is 2.35. The highest BCUT2D eigenvalue weighted by Gasteiger charge is 2.33. The number of hydrogen-bond acceptors (Lipinski definition) is 2. The van der Waals surface area contributed by atoms with E-state index in [9.17, 15) is 26.0 Å². The van der Waals surface area contributed by atoms with E-state index in [0.717, 1.165) is 0 Å². The molecule has 0 saturated heterocycles. The van der Waals surface area contributed by atoms with Crippen LogP contribution < -0.4 is 0 Å². The normalized spacial score (nSPS) is 13.7. The van der Waals surface area contributed by atoms with Gasteiger partial charge in [0, 0.05) is 5.56 Å². The van der Waals surface area contributed by atoms with Crippen LogP contribution in [0.1, 0.15) is 31.7 Å². The third-order valence-electron chi connectivity index (χ3n) is 2.62. The Morgan fingerprint density at radius 2 is 1.44 bits per heavy atom. The van der Waals surface area contributed by atoms with Gasteiger partial charge in [-0.05, 0) is 12.3 Å². The predicted octanol–water partition coefficient (Wildman–Crippen LogP) is 3.00. The van der Waals surface area contributed by atoms with Gasteiger partial charge in [0.05, 0.1) is 0 Å². The summed E-state index contributed by atoms with van der Waals surface area (Å²) < 4.78 is 83.7. The molecule has 102 valence electrons. The maximum atomic E-state index is 13.5. The average Bonchev–Trinajstić information content (AvgIpc) is 2.24. The molecular formula is C10H10F4O3S. The van der Waals surface area contributed by atoms with Gasteiger partial charge in [-0.2, -0.15) is 8.42 Å². The van der Waals surface area contributed by atoms with Gasteiger partial charge in [-0.15, -0.1) is 0 Å². The standard InChI is InChI=1S/C10H10F4O3S/c1-3-4(2)5-6(11)8(13)10(18(15,16)17)9(14)7(5)12/h4H,3H2,1-2H3,(H,15,16,17). The van der Waals surface area contributed by atoms with Gasteiger partial charge in [-0.1, -0.05) is 13.8 Å². The molecule has 1 aromatic rings. The first-order valence-electron chi connectivity index (χ1n) is 4.96. The maximum Gasteiger partial charge on any atom is 0.300 e. The Hall–Kier alpha value is -1.15. The van der Waals surface area contributed by atoms with Gasteiger partial charge >= 0.3 is 10.1 Å². The minimum Gasteiger partial charge on any atom is -0.282 e. The quantitative estimate of drug-likeness (QED) is 0.528. The molecule has 8 heteroatoms. The van der Waals surface area contributed by atoms with Gasteiger partial charge < -0.3 is 0 Å². The van der Waals surface area contributed by atoms with Crippen LogP contribution in [0, 0.1) is 23.3 Å². The molecule has 1 atom stereocenters. The molecule has 18 heavy (non-hydrogen) atoms. The topological polar surface area (TPSA) is 54.4 Å². The largest absolute Gasteiger partial charge is 0.300 e. The highest BCUT2D eigenvalue weighted by atomic mass is 32.2. The van der Waals surface area contributed by atoms with Gasteiger partial charge in [-0.3, -0.25) is 4.55 Å². The van der Waals surface area contributed by atoms with Crippen molar-refractivity contribution in [2.45, 2.75) is 31.1 Å². The van der Waals surface area contributed by atoms with Crippen molar-refractivity contribution in [3.8, 4) is 0 Å². The summed E-state index contributed by atoms with van der Waals surface area (Å²) in [6.07, 6.45) is 0.192. The second kappa shape index (κ2) is 4.85. The fraction of sp³-hybridized carbons (Fsp3) is 0.400. The van der Waals surface area contributed by atoms with Crippen molar-refractivity contribution >= 4 is 10.1 Å². The van der Waals surface area contributed by atoms with Crippen LogP contribution in [0.4, 0.5) is 17.6 Å². The minimum absolute atomic E-state index is 0.192. The van der Waals surface area contributed by atoms with Gasteiger partial charge in [0.2, 0.25) is 0 Å². The van der Waals surface area contributed by atoms with E-state index in [1.165, 1.54) is 13.8 Å². The summed E-state index contributed by atoms with van der Waals surface area (Å²) in [7, 11) is -5.39. The van der Waals surface area contributed by atoms with E-state index in [0.29, 0.717) is 0 Å². The SMILES string of the molecule is CCC(C)c1c(F)c(F)c(S(=O)(=O)O)c(F)c1F. The zero-order valence-corrected chi connectivity index (χ0v) is 10.3. The lowest BCUT2D eigenvalue weighted by molar-refractivity contribution is 0.387. The van der Waals surface area contributed by atoms with Crippen LogP contribution in [0.5, 0.6) is 0 Å². The van der Waals surface area contributed by atoms with Crippen LogP contribution in [0.15, 0.2) is 4.90 Å². The van der Waals surface area contributed by atoms with Gasteiger partial charge in [0.15, 0.2) is 28.2 Å². The molecule has 0 fully saturated rings. The fourth-order valence-corrected chi connectivity index (χ4v) is 2.12. The summed E-state index contributed by atoms with van der Waals surface area (Å²) in [6, 6.07) is 0. The first-order chi connectivity index (χ1) is 8.12. The summed E-state index contributed by atoms with van der Waals surface area (Å²) in [6.45, 7) is 2.86. The van der Waals surface area contributed by atoms with Crippen LogP contribution >= 0.6 is 0 Å².